The maximum atomic E-state index is 2.70. The van der Waals surface area contributed by atoms with Gasteiger partial charge in [0.05, 0.1) is 10.7 Å². The van der Waals surface area contributed by atoms with Crippen molar-refractivity contribution < 1.29 is 0 Å². The first-order chi connectivity index (χ1) is 32.4. The highest BCUT2D eigenvalue weighted by Gasteiger charge is 2.47. The molecule has 0 spiro atoms. The fraction of sp³-hybridized carbons (Fsp3) is 0.226. The second-order valence-corrected chi connectivity index (χ2v) is 25.2. The molecule has 0 atom stereocenters. The number of rotatable bonds is 4. The second-order valence-electron chi connectivity index (χ2n) is 22.4. The van der Waals surface area contributed by atoms with E-state index in [0.717, 1.165) is 0 Å². The Hall–Kier alpha value is -5.92. The number of aryl methyl sites for hydroxylation is 2. The van der Waals surface area contributed by atoms with E-state index in [4.69, 9.17) is 0 Å². The SMILES string of the molecule is Cc1cc(C(C)(C)C)cc(C)c1N1c2cc(C(C)(C)C)cc3c2B(c2cc(-c4csc5ccccc45)ccc2N3c2ccc(-c3csc4ccccc34)cc2)c2c1sc1ccc(C(C)(C)C)cc21. The zero-order chi connectivity index (χ0) is 47.2. The Kier molecular flexibility index (Phi) is 9.75. The Labute approximate surface area is 414 Å². The second kappa shape index (κ2) is 15.3. The molecular formula is C62H57BN2S3. The van der Waals surface area contributed by atoms with Crippen LogP contribution >= 0.6 is 34.0 Å². The molecule has 0 bridgehead atoms. The van der Waals surface area contributed by atoms with Gasteiger partial charge in [0.1, 0.15) is 0 Å². The van der Waals surface area contributed by atoms with Crippen LogP contribution in [-0.4, -0.2) is 6.71 Å². The Morgan fingerprint density at radius 3 is 1.59 bits per heavy atom. The number of anilines is 6. The predicted octanol–water partition coefficient (Wildman–Crippen LogP) is 17.3. The van der Waals surface area contributed by atoms with Gasteiger partial charge in [0, 0.05) is 58.7 Å². The van der Waals surface area contributed by atoms with Gasteiger partial charge >= 0.3 is 0 Å². The molecule has 0 amide bonds. The lowest BCUT2D eigenvalue weighted by atomic mass is 9.33. The highest BCUT2D eigenvalue weighted by atomic mass is 32.1. The molecule has 0 saturated carbocycles. The maximum Gasteiger partial charge on any atom is 0.254 e. The van der Waals surface area contributed by atoms with Gasteiger partial charge in [-0.15, -0.1) is 34.0 Å². The van der Waals surface area contributed by atoms with Gasteiger partial charge in [-0.05, 0) is 150 Å². The maximum absolute atomic E-state index is 2.70. The van der Waals surface area contributed by atoms with E-state index in [1.807, 2.05) is 34.0 Å². The van der Waals surface area contributed by atoms with Crippen LogP contribution in [-0.2, 0) is 16.2 Å². The Morgan fingerprint density at radius 2 is 0.985 bits per heavy atom. The van der Waals surface area contributed by atoms with Crippen molar-refractivity contribution in [3.05, 3.63) is 172 Å². The average molecular weight is 937 g/mol. The minimum Gasteiger partial charge on any atom is -0.311 e. The fourth-order valence-corrected chi connectivity index (χ4v) is 14.2. The summed E-state index contributed by atoms with van der Waals surface area (Å²) in [6.07, 6.45) is 0. The smallest absolute Gasteiger partial charge is 0.254 e. The Balaban J connectivity index is 1.19. The molecule has 2 aliphatic heterocycles. The molecule has 0 saturated heterocycles. The lowest BCUT2D eigenvalue weighted by molar-refractivity contribution is 0.589. The van der Waals surface area contributed by atoms with Gasteiger partial charge in [0.2, 0.25) is 0 Å². The summed E-state index contributed by atoms with van der Waals surface area (Å²) in [4.78, 5) is 5.30. The molecular weight excluding hydrogens is 880 g/mol. The normalized spacial score (nSPS) is 13.7. The molecule has 2 nitrogen and oxygen atoms in total. The summed E-state index contributed by atoms with van der Waals surface area (Å²) in [5.41, 5.74) is 22.0. The lowest BCUT2D eigenvalue weighted by Gasteiger charge is -2.45. The van der Waals surface area contributed by atoms with E-state index in [0.29, 0.717) is 0 Å². The van der Waals surface area contributed by atoms with Crippen molar-refractivity contribution in [2.75, 3.05) is 9.80 Å². The molecule has 0 radical (unpaired) electrons. The summed E-state index contributed by atoms with van der Waals surface area (Å²) in [6, 6.07) is 51.8. The van der Waals surface area contributed by atoms with E-state index < -0.39 is 0 Å². The molecule has 3 aromatic heterocycles. The number of benzene rings is 7. The van der Waals surface area contributed by atoms with Gasteiger partial charge in [0.25, 0.3) is 6.71 Å². The standard InChI is InChI=1S/C62H57BN2S3/c1-36-28-41(61(6,7)8)29-37(2)58(36)65-52-33-42(62(9,10)11)32-51-57(52)63(56-46-31-40(60(3,4)5)23-27-55(46)68-59(56)65)49-30-39(48-35-67-54-19-15-13-17-45(48)54)22-26-50(49)64(51)43-24-20-38(21-25-43)47-34-66-53-18-14-12-16-44(47)53/h12-35H,1-11H3. The molecule has 336 valence electrons. The van der Waals surface area contributed by atoms with Crippen LogP contribution in [0.25, 0.3) is 52.5 Å². The van der Waals surface area contributed by atoms with Gasteiger partial charge in [-0.2, -0.15) is 0 Å². The molecule has 0 aliphatic carbocycles. The molecule has 0 fully saturated rings. The summed E-state index contributed by atoms with van der Waals surface area (Å²) < 4.78 is 3.97. The number of thiophene rings is 3. The largest absolute Gasteiger partial charge is 0.311 e. The Morgan fingerprint density at radius 1 is 0.441 bits per heavy atom. The molecule has 0 N–H and O–H groups in total. The predicted molar refractivity (Wildman–Crippen MR) is 303 cm³/mol. The first-order valence-electron chi connectivity index (χ1n) is 24.1. The van der Waals surface area contributed by atoms with Crippen LogP contribution in [0.15, 0.2) is 144 Å². The van der Waals surface area contributed by atoms with Crippen LogP contribution in [0.3, 0.4) is 0 Å². The molecule has 68 heavy (non-hydrogen) atoms. The zero-order valence-electron chi connectivity index (χ0n) is 41.1. The van der Waals surface area contributed by atoms with E-state index in [-0.39, 0.29) is 23.0 Å². The van der Waals surface area contributed by atoms with Gasteiger partial charge in [-0.25, -0.2) is 0 Å². The van der Waals surface area contributed by atoms with Crippen molar-refractivity contribution in [1.29, 1.82) is 0 Å². The summed E-state index contributed by atoms with van der Waals surface area (Å²) in [5.74, 6) is 0. The third-order valence-corrected chi connectivity index (χ3v) is 17.8. The van der Waals surface area contributed by atoms with E-state index in [1.165, 1.54) is 130 Å². The summed E-state index contributed by atoms with van der Waals surface area (Å²) in [6.45, 7) is 25.8. The summed E-state index contributed by atoms with van der Waals surface area (Å²) in [5, 5.41) is 10.0. The van der Waals surface area contributed by atoms with Gasteiger partial charge < -0.3 is 9.80 Å². The topological polar surface area (TPSA) is 6.48 Å². The van der Waals surface area contributed by atoms with Crippen LogP contribution in [0.5, 0.6) is 0 Å². The third-order valence-electron chi connectivity index (χ3n) is 14.7. The van der Waals surface area contributed by atoms with Crippen LogP contribution in [0.4, 0.5) is 33.4 Å². The van der Waals surface area contributed by atoms with Crippen LogP contribution in [0, 0.1) is 13.8 Å². The van der Waals surface area contributed by atoms with Crippen molar-refractivity contribution in [2.24, 2.45) is 0 Å². The number of fused-ring (bicyclic) bond motifs is 8. The molecule has 6 heteroatoms. The molecule has 12 rings (SSSR count). The summed E-state index contributed by atoms with van der Waals surface area (Å²) in [7, 11) is 0. The molecule has 5 heterocycles. The summed E-state index contributed by atoms with van der Waals surface area (Å²) >= 11 is 5.63. The van der Waals surface area contributed by atoms with E-state index in [2.05, 4.69) is 230 Å². The van der Waals surface area contributed by atoms with Crippen molar-refractivity contribution in [3.63, 3.8) is 0 Å². The van der Waals surface area contributed by atoms with Gasteiger partial charge in [-0.1, -0.05) is 147 Å². The quantitative estimate of drug-likeness (QED) is 0.162. The third kappa shape index (κ3) is 6.77. The number of hydrogen-bond donors (Lipinski definition) is 0. The van der Waals surface area contributed by atoms with Crippen molar-refractivity contribution in [1.82, 2.24) is 0 Å². The molecule has 0 unspecified atom stereocenters. The minimum absolute atomic E-state index is 0.00603. The van der Waals surface area contributed by atoms with Gasteiger partial charge in [-0.3, -0.25) is 0 Å². The van der Waals surface area contributed by atoms with Crippen molar-refractivity contribution in [3.8, 4) is 22.3 Å². The lowest BCUT2D eigenvalue weighted by Crippen LogP contribution is -2.61. The van der Waals surface area contributed by atoms with Crippen molar-refractivity contribution >= 4 is 121 Å². The monoisotopic (exact) mass is 936 g/mol. The molecule has 10 aromatic rings. The number of hydrogen-bond acceptors (Lipinski definition) is 5. The fourth-order valence-electron chi connectivity index (χ4n) is 11.0. The average Bonchev–Trinajstić information content (AvgIpc) is 4.04. The Bertz CT molecular complexity index is 3650. The van der Waals surface area contributed by atoms with Crippen molar-refractivity contribution in [2.45, 2.75) is 92.4 Å². The van der Waals surface area contributed by atoms with Crippen LogP contribution in [0.2, 0.25) is 0 Å². The minimum atomic E-state index is -0.116. The van der Waals surface area contributed by atoms with Gasteiger partial charge in [0.15, 0.2) is 0 Å². The highest BCUT2D eigenvalue weighted by molar-refractivity contribution is 7.26. The number of nitrogens with zero attached hydrogens (tertiary/aromatic N) is 2. The van der Waals surface area contributed by atoms with Crippen LogP contribution in [0.1, 0.15) is 90.1 Å². The van der Waals surface area contributed by atoms with E-state index in [1.54, 1.807) is 0 Å². The van der Waals surface area contributed by atoms with Crippen LogP contribution < -0.4 is 26.2 Å². The first kappa shape index (κ1) is 43.4. The zero-order valence-corrected chi connectivity index (χ0v) is 43.5. The molecule has 2 aliphatic rings. The highest BCUT2D eigenvalue weighted by Crippen LogP contribution is 2.52. The van der Waals surface area contributed by atoms with E-state index >= 15 is 0 Å². The molecule has 7 aromatic carbocycles. The first-order valence-corrected chi connectivity index (χ1v) is 26.7. The van der Waals surface area contributed by atoms with E-state index in [9.17, 15) is 0 Å².